The van der Waals surface area contributed by atoms with Crippen LogP contribution in [-0.2, 0) is 0 Å². The summed E-state index contributed by atoms with van der Waals surface area (Å²) in [5.74, 6) is 7.23. The van der Waals surface area contributed by atoms with Crippen LogP contribution in [0.2, 0.25) is 0 Å². The summed E-state index contributed by atoms with van der Waals surface area (Å²) >= 11 is 5.57. The van der Waals surface area contributed by atoms with Gasteiger partial charge in [-0.25, -0.2) is 0 Å². The first-order valence-corrected chi connectivity index (χ1v) is 7.83. The van der Waals surface area contributed by atoms with Crippen molar-refractivity contribution in [3.8, 4) is 17.6 Å². The molecule has 1 aliphatic heterocycles. The summed E-state index contributed by atoms with van der Waals surface area (Å²) in [6.45, 7) is 6.50. The van der Waals surface area contributed by atoms with Gasteiger partial charge in [-0.1, -0.05) is 11.8 Å². The summed E-state index contributed by atoms with van der Waals surface area (Å²) in [7, 11) is 0. The smallest absolute Gasteiger partial charge is 0.119 e. The van der Waals surface area contributed by atoms with E-state index in [0.29, 0.717) is 5.88 Å². The van der Waals surface area contributed by atoms with Crippen LogP contribution in [0.1, 0.15) is 30.4 Å². The first-order chi connectivity index (χ1) is 9.79. The molecule has 0 aromatic heterocycles. The second kappa shape index (κ2) is 8.19. The fourth-order valence-corrected chi connectivity index (χ4v) is 2.55. The number of halogens is 1. The van der Waals surface area contributed by atoms with Gasteiger partial charge in [0.1, 0.15) is 5.75 Å². The zero-order valence-corrected chi connectivity index (χ0v) is 12.9. The standard InChI is InChI=1S/C17H22ClNO/c1-15-14-17(8-7-16(15)6-4-9-18)20-13-5-12-19-10-2-3-11-19/h7-8,14H,2-3,5,9-13H2,1H3. The molecule has 1 saturated heterocycles. The maximum atomic E-state index is 5.81. The van der Waals surface area contributed by atoms with Gasteiger partial charge in [0.15, 0.2) is 0 Å². The lowest BCUT2D eigenvalue weighted by Gasteiger charge is -2.14. The summed E-state index contributed by atoms with van der Waals surface area (Å²) in [6.07, 6.45) is 3.79. The van der Waals surface area contributed by atoms with E-state index < -0.39 is 0 Å². The average molecular weight is 292 g/mol. The van der Waals surface area contributed by atoms with Gasteiger partial charge in [-0.3, -0.25) is 0 Å². The van der Waals surface area contributed by atoms with Crippen molar-refractivity contribution in [2.45, 2.75) is 26.2 Å². The van der Waals surface area contributed by atoms with Crippen molar-refractivity contribution in [1.29, 1.82) is 0 Å². The third-order valence-electron chi connectivity index (χ3n) is 3.57. The van der Waals surface area contributed by atoms with E-state index in [4.69, 9.17) is 16.3 Å². The topological polar surface area (TPSA) is 12.5 Å². The number of aryl methyl sites for hydroxylation is 1. The van der Waals surface area contributed by atoms with Crippen molar-refractivity contribution in [3.63, 3.8) is 0 Å². The molecule has 2 nitrogen and oxygen atoms in total. The van der Waals surface area contributed by atoms with E-state index in [1.54, 1.807) is 0 Å². The second-order valence-corrected chi connectivity index (χ2v) is 5.43. The molecule has 0 radical (unpaired) electrons. The Morgan fingerprint density at radius 1 is 1.30 bits per heavy atom. The number of hydrogen-bond donors (Lipinski definition) is 0. The summed E-state index contributed by atoms with van der Waals surface area (Å²) in [4.78, 5) is 2.51. The molecular weight excluding hydrogens is 270 g/mol. The molecule has 0 atom stereocenters. The molecule has 0 saturated carbocycles. The zero-order valence-electron chi connectivity index (χ0n) is 12.1. The number of rotatable bonds is 5. The van der Waals surface area contributed by atoms with E-state index in [9.17, 15) is 0 Å². The maximum Gasteiger partial charge on any atom is 0.119 e. The molecule has 0 N–H and O–H groups in total. The van der Waals surface area contributed by atoms with Crippen molar-refractivity contribution >= 4 is 11.6 Å². The zero-order chi connectivity index (χ0) is 14.2. The molecule has 1 aromatic rings. The lowest BCUT2D eigenvalue weighted by atomic mass is 10.1. The predicted molar refractivity (Wildman–Crippen MR) is 84.6 cm³/mol. The minimum absolute atomic E-state index is 0.369. The van der Waals surface area contributed by atoms with E-state index in [1.807, 2.05) is 18.2 Å². The van der Waals surface area contributed by atoms with Crippen LogP contribution in [0.5, 0.6) is 5.75 Å². The first-order valence-electron chi connectivity index (χ1n) is 7.30. The molecule has 1 fully saturated rings. The van der Waals surface area contributed by atoms with Crippen LogP contribution >= 0.6 is 11.6 Å². The van der Waals surface area contributed by atoms with E-state index in [-0.39, 0.29) is 0 Å². The monoisotopic (exact) mass is 291 g/mol. The lowest BCUT2D eigenvalue weighted by molar-refractivity contribution is 0.263. The van der Waals surface area contributed by atoms with Crippen molar-refractivity contribution in [2.75, 3.05) is 32.1 Å². The van der Waals surface area contributed by atoms with Crippen LogP contribution in [-0.4, -0.2) is 37.0 Å². The van der Waals surface area contributed by atoms with Gasteiger partial charge in [-0.05, 0) is 63.0 Å². The Balaban J connectivity index is 1.76. The molecule has 20 heavy (non-hydrogen) atoms. The summed E-state index contributed by atoms with van der Waals surface area (Å²) in [6, 6.07) is 6.04. The molecule has 3 heteroatoms. The Labute approximate surface area is 127 Å². The van der Waals surface area contributed by atoms with Crippen LogP contribution < -0.4 is 4.74 Å². The molecule has 0 aliphatic carbocycles. The largest absolute Gasteiger partial charge is 0.494 e. The Hall–Kier alpha value is -1.17. The minimum atomic E-state index is 0.369. The molecule has 108 valence electrons. The van der Waals surface area contributed by atoms with Crippen LogP contribution in [0.15, 0.2) is 18.2 Å². The van der Waals surface area contributed by atoms with Gasteiger partial charge in [0, 0.05) is 12.1 Å². The Kier molecular flexibility index (Phi) is 6.24. The number of nitrogens with zero attached hydrogens (tertiary/aromatic N) is 1. The van der Waals surface area contributed by atoms with Crippen molar-refractivity contribution < 1.29 is 4.74 Å². The third kappa shape index (κ3) is 4.74. The Morgan fingerprint density at radius 2 is 2.10 bits per heavy atom. The summed E-state index contributed by atoms with van der Waals surface area (Å²) in [5.41, 5.74) is 2.16. The number of benzene rings is 1. The van der Waals surface area contributed by atoms with Crippen LogP contribution in [0, 0.1) is 18.8 Å². The lowest BCUT2D eigenvalue weighted by Crippen LogP contribution is -2.21. The molecule has 0 spiro atoms. The van der Waals surface area contributed by atoms with E-state index in [2.05, 4.69) is 23.7 Å². The number of likely N-dealkylation sites (tertiary alicyclic amines) is 1. The molecule has 0 amide bonds. The third-order valence-corrected chi connectivity index (χ3v) is 3.71. The van der Waals surface area contributed by atoms with Crippen molar-refractivity contribution in [1.82, 2.24) is 4.90 Å². The fourth-order valence-electron chi connectivity index (χ4n) is 2.48. The van der Waals surface area contributed by atoms with Crippen LogP contribution in [0.4, 0.5) is 0 Å². The summed E-state index contributed by atoms with van der Waals surface area (Å²) in [5, 5.41) is 0. The van der Waals surface area contributed by atoms with Gasteiger partial charge < -0.3 is 9.64 Å². The summed E-state index contributed by atoms with van der Waals surface area (Å²) < 4.78 is 5.81. The van der Waals surface area contributed by atoms with Gasteiger partial charge in [0.2, 0.25) is 0 Å². The van der Waals surface area contributed by atoms with Gasteiger partial charge in [0.05, 0.1) is 12.5 Å². The fraction of sp³-hybridized carbons (Fsp3) is 0.529. The Morgan fingerprint density at radius 3 is 2.80 bits per heavy atom. The maximum absolute atomic E-state index is 5.81. The van der Waals surface area contributed by atoms with Crippen molar-refractivity contribution in [3.05, 3.63) is 29.3 Å². The highest BCUT2D eigenvalue weighted by atomic mass is 35.5. The van der Waals surface area contributed by atoms with Crippen LogP contribution in [0.3, 0.4) is 0 Å². The predicted octanol–water partition coefficient (Wildman–Crippen LogP) is 3.45. The van der Waals surface area contributed by atoms with Crippen molar-refractivity contribution in [2.24, 2.45) is 0 Å². The number of alkyl halides is 1. The quantitative estimate of drug-likeness (QED) is 0.468. The second-order valence-electron chi connectivity index (χ2n) is 5.16. The van der Waals surface area contributed by atoms with E-state index >= 15 is 0 Å². The van der Waals surface area contributed by atoms with E-state index in [1.165, 1.54) is 25.9 Å². The molecule has 1 aliphatic rings. The molecular formula is C17H22ClNO. The molecule has 1 heterocycles. The SMILES string of the molecule is Cc1cc(OCCCN2CCCC2)ccc1C#CCCl. The molecule has 2 rings (SSSR count). The molecule has 0 bridgehead atoms. The highest BCUT2D eigenvalue weighted by molar-refractivity contribution is 6.19. The van der Waals surface area contributed by atoms with Gasteiger partial charge in [-0.2, -0.15) is 0 Å². The molecule has 1 aromatic carbocycles. The highest BCUT2D eigenvalue weighted by Gasteiger charge is 2.10. The first kappa shape index (κ1) is 15.2. The van der Waals surface area contributed by atoms with Gasteiger partial charge in [-0.15, -0.1) is 11.6 Å². The van der Waals surface area contributed by atoms with Gasteiger partial charge >= 0.3 is 0 Å². The van der Waals surface area contributed by atoms with Crippen LogP contribution in [0.25, 0.3) is 0 Å². The number of hydrogen-bond acceptors (Lipinski definition) is 2. The Bertz CT molecular complexity index is 483. The molecule has 0 unspecified atom stereocenters. The minimum Gasteiger partial charge on any atom is -0.494 e. The number of ether oxygens (including phenoxy) is 1. The normalized spacial score (nSPS) is 14.9. The average Bonchev–Trinajstić information content (AvgIpc) is 2.96. The highest BCUT2D eigenvalue weighted by Crippen LogP contribution is 2.17. The van der Waals surface area contributed by atoms with Gasteiger partial charge in [0.25, 0.3) is 0 Å². The van der Waals surface area contributed by atoms with E-state index in [0.717, 1.165) is 36.4 Å².